The molecule has 0 N–H and O–H groups in total. The van der Waals surface area contributed by atoms with Crippen LogP contribution in [0.15, 0.2) is 0 Å². The lowest BCUT2D eigenvalue weighted by Gasteiger charge is -2.13. The van der Waals surface area contributed by atoms with Gasteiger partial charge in [-0.1, -0.05) is 19.8 Å². The summed E-state index contributed by atoms with van der Waals surface area (Å²) in [5, 5.41) is 0. The minimum Gasteiger partial charge on any atom is -0.0654 e. The smallest absolute Gasteiger partial charge is 0.0164 e. The van der Waals surface area contributed by atoms with Crippen LogP contribution >= 0.6 is 39.7 Å². The Labute approximate surface area is 71.7 Å². The minimum absolute atomic E-state index is 0.755. The van der Waals surface area contributed by atoms with Crippen molar-refractivity contribution in [2.24, 2.45) is 0 Å². The molecule has 0 aliphatic rings. The second-order valence-corrected chi connectivity index (χ2v) is 9.49. The van der Waals surface area contributed by atoms with Gasteiger partial charge in [0.25, 0.3) is 0 Å². The van der Waals surface area contributed by atoms with Crippen LogP contribution in [0.2, 0.25) is 0 Å². The molecule has 0 amide bonds. The molecule has 9 heavy (non-hydrogen) atoms. The molecule has 0 spiro atoms. The van der Waals surface area contributed by atoms with E-state index in [1.54, 1.807) is 0 Å². The Morgan fingerprint density at radius 3 is 2.00 bits per heavy atom. The Morgan fingerprint density at radius 1 is 1.11 bits per heavy atom. The summed E-state index contributed by atoms with van der Waals surface area (Å²) in [5.74, 6) is 0.755. The highest BCUT2D eigenvalue weighted by molar-refractivity contribution is 8.79. The van der Waals surface area contributed by atoms with Crippen molar-refractivity contribution in [2.75, 3.05) is 5.75 Å². The van der Waals surface area contributed by atoms with E-state index in [9.17, 15) is 0 Å². The van der Waals surface area contributed by atoms with Gasteiger partial charge in [-0.2, -0.15) is 0 Å². The summed E-state index contributed by atoms with van der Waals surface area (Å²) in [4.78, 5) is 0. The van der Waals surface area contributed by atoms with Gasteiger partial charge in [-0.25, -0.2) is 0 Å². The molecule has 0 bridgehead atoms. The van der Waals surface area contributed by atoms with Gasteiger partial charge < -0.3 is 0 Å². The maximum atomic E-state index is 5.58. The highest BCUT2D eigenvalue weighted by Crippen LogP contribution is 2.63. The van der Waals surface area contributed by atoms with E-state index in [1.165, 1.54) is 12.8 Å². The van der Waals surface area contributed by atoms with E-state index < -0.39 is 7.67 Å². The standard InChI is InChI=1S/C5H11Cl3S/c1-2-3-4-5-9(6,7)8/h2-5H2,1H3. The second-order valence-electron chi connectivity index (χ2n) is 1.91. The van der Waals surface area contributed by atoms with Crippen LogP contribution in [0.1, 0.15) is 26.2 Å². The molecular weight excluding hydrogens is 198 g/mol. The van der Waals surface area contributed by atoms with Crippen LogP contribution in [0.25, 0.3) is 0 Å². The summed E-state index contributed by atoms with van der Waals surface area (Å²) in [6.07, 6.45) is 3.39. The third kappa shape index (κ3) is 9.22. The third-order valence-corrected chi connectivity index (χ3v) is 3.12. The van der Waals surface area contributed by atoms with E-state index >= 15 is 0 Å². The van der Waals surface area contributed by atoms with Crippen molar-refractivity contribution in [3.63, 3.8) is 0 Å². The quantitative estimate of drug-likeness (QED) is 0.601. The molecule has 0 atom stereocenters. The molecular formula is C5H11Cl3S. The predicted octanol–water partition coefficient (Wildman–Crippen LogP) is 4.44. The van der Waals surface area contributed by atoms with Gasteiger partial charge in [-0.15, -0.1) is 0 Å². The number of halogens is 3. The zero-order valence-electron chi connectivity index (χ0n) is 5.37. The van der Waals surface area contributed by atoms with Crippen molar-refractivity contribution in [1.29, 1.82) is 0 Å². The van der Waals surface area contributed by atoms with Gasteiger partial charge in [0.15, 0.2) is 0 Å². The molecule has 0 rings (SSSR count). The van der Waals surface area contributed by atoms with Crippen molar-refractivity contribution in [2.45, 2.75) is 26.2 Å². The highest BCUT2D eigenvalue weighted by atomic mass is 36.2. The van der Waals surface area contributed by atoms with Gasteiger partial charge in [0.2, 0.25) is 0 Å². The summed E-state index contributed by atoms with van der Waals surface area (Å²) >= 11 is 0. The van der Waals surface area contributed by atoms with Gasteiger partial charge in [0.1, 0.15) is 0 Å². The van der Waals surface area contributed by atoms with E-state index in [1.807, 2.05) is 0 Å². The first-order valence-corrected chi connectivity index (χ1v) is 7.24. The number of hydrogen-bond donors (Lipinski definition) is 0. The SMILES string of the molecule is CCCCCS(Cl)(Cl)Cl. The summed E-state index contributed by atoms with van der Waals surface area (Å²) < 4.78 is 0. The summed E-state index contributed by atoms with van der Waals surface area (Å²) in [6.45, 7) is 2.13. The average molecular weight is 210 g/mol. The fraction of sp³-hybridized carbons (Fsp3) is 1.00. The maximum Gasteiger partial charge on any atom is 0.0164 e. The van der Waals surface area contributed by atoms with Crippen molar-refractivity contribution in [1.82, 2.24) is 0 Å². The zero-order valence-corrected chi connectivity index (χ0v) is 8.45. The molecule has 0 aromatic rings. The first kappa shape index (κ1) is 10.2. The topological polar surface area (TPSA) is 0 Å². The van der Waals surface area contributed by atoms with Crippen LogP contribution in [0, 0.1) is 0 Å². The number of hydrogen-bond acceptors (Lipinski definition) is 0. The second kappa shape index (κ2) is 4.95. The lowest BCUT2D eigenvalue weighted by atomic mass is 10.3. The Balaban J connectivity index is 3.07. The Hall–Kier alpha value is 1.22. The van der Waals surface area contributed by atoms with Gasteiger partial charge in [0.05, 0.1) is 0 Å². The Morgan fingerprint density at radius 2 is 1.67 bits per heavy atom. The maximum absolute atomic E-state index is 5.58. The molecule has 0 aromatic heterocycles. The molecule has 0 unspecified atom stereocenters. The average Bonchev–Trinajstić information content (AvgIpc) is 1.63. The van der Waals surface area contributed by atoms with Crippen LogP contribution in [-0.4, -0.2) is 5.75 Å². The fourth-order valence-corrected chi connectivity index (χ4v) is 2.03. The summed E-state index contributed by atoms with van der Waals surface area (Å²) in [6, 6.07) is 0. The first-order valence-electron chi connectivity index (χ1n) is 2.96. The molecule has 0 saturated carbocycles. The molecule has 0 aromatic carbocycles. The van der Waals surface area contributed by atoms with Crippen molar-refractivity contribution >= 4 is 39.7 Å². The van der Waals surface area contributed by atoms with Gasteiger partial charge >= 0.3 is 0 Å². The summed E-state index contributed by atoms with van der Waals surface area (Å²) in [5.41, 5.74) is 0. The van der Waals surface area contributed by atoms with E-state index in [2.05, 4.69) is 6.92 Å². The van der Waals surface area contributed by atoms with Crippen LogP contribution in [0.3, 0.4) is 0 Å². The van der Waals surface area contributed by atoms with Crippen molar-refractivity contribution in [3.05, 3.63) is 0 Å². The highest BCUT2D eigenvalue weighted by Gasteiger charge is 2.11. The zero-order chi connectivity index (χ0) is 7.33. The third-order valence-electron chi connectivity index (χ3n) is 0.979. The molecule has 0 heterocycles. The van der Waals surface area contributed by atoms with E-state index in [0.717, 1.165) is 12.2 Å². The van der Waals surface area contributed by atoms with Crippen molar-refractivity contribution < 1.29 is 0 Å². The number of unbranched alkanes of at least 4 members (excludes halogenated alkanes) is 2. The molecule has 0 aliphatic carbocycles. The van der Waals surface area contributed by atoms with Gasteiger partial charge in [-0.3, -0.25) is 0 Å². The molecule has 0 aliphatic heterocycles. The lowest BCUT2D eigenvalue weighted by Crippen LogP contribution is -1.82. The van der Waals surface area contributed by atoms with E-state index in [-0.39, 0.29) is 0 Å². The van der Waals surface area contributed by atoms with Crippen LogP contribution in [0.5, 0.6) is 0 Å². The summed E-state index contributed by atoms with van der Waals surface area (Å²) in [7, 11) is 15.0. The van der Waals surface area contributed by atoms with E-state index in [4.69, 9.17) is 32.0 Å². The minimum atomic E-state index is -1.78. The molecule has 0 fully saturated rings. The van der Waals surface area contributed by atoms with Crippen molar-refractivity contribution in [3.8, 4) is 0 Å². The normalized spacial score (nSPS) is 13.8. The van der Waals surface area contributed by atoms with Crippen LogP contribution in [0.4, 0.5) is 0 Å². The van der Waals surface area contributed by atoms with Gasteiger partial charge in [0, 0.05) is 5.75 Å². The predicted molar refractivity (Wildman–Crippen MR) is 49.5 cm³/mol. The van der Waals surface area contributed by atoms with E-state index in [0.29, 0.717) is 0 Å². The first-order chi connectivity index (χ1) is 4.06. The monoisotopic (exact) mass is 208 g/mol. The van der Waals surface area contributed by atoms with Crippen LogP contribution < -0.4 is 0 Å². The van der Waals surface area contributed by atoms with Gasteiger partial charge in [-0.05, 0) is 46.1 Å². The molecule has 0 radical (unpaired) electrons. The molecule has 0 saturated heterocycles. The fourth-order valence-electron chi connectivity index (χ4n) is 0.516. The Kier molecular flexibility index (Phi) is 5.62. The largest absolute Gasteiger partial charge is 0.0654 e. The Bertz CT molecular complexity index is 69.1. The molecule has 58 valence electrons. The molecule has 0 nitrogen and oxygen atoms in total. The lowest BCUT2D eigenvalue weighted by molar-refractivity contribution is 0.779. The molecule has 4 heteroatoms. The number of rotatable bonds is 4. The van der Waals surface area contributed by atoms with Crippen LogP contribution in [-0.2, 0) is 0 Å².